The van der Waals surface area contributed by atoms with Crippen LogP contribution in [0.2, 0.25) is 0 Å². The molecular weight excluding hydrogens is 248 g/mol. The molecule has 102 valence electrons. The molecule has 3 heteroatoms. The third-order valence-corrected chi connectivity index (χ3v) is 2.78. The highest BCUT2D eigenvalue weighted by atomic mass is 16.1. The van der Waals surface area contributed by atoms with E-state index in [1.807, 2.05) is 61.5 Å². The van der Waals surface area contributed by atoms with Crippen LogP contribution in [0.25, 0.3) is 12.2 Å². The van der Waals surface area contributed by atoms with Crippen molar-refractivity contribution >= 4 is 23.7 Å². The van der Waals surface area contributed by atoms with Crippen LogP contribution in [0, 0.1) is 0 Å². The molecule has 1 aromatic carbocycles. The number of amides is 1. The van der Waals surface area contributed by atoms with Crippen LogP contribution in [0.4, 0.5) is 5.69 Å². The van der Waals surface area contributed by atoms with Gasteiger partial charge in [0.15, 0.2) is 0 Å². The van der Waals surface area contributed by atoms with Gasteiger partial charge in [0.2, 0.25) is 5.91 Å². The third-order valence-electron chi connectivity index (χ3n) is 2.78. The van der Waals surface area contributed by atoms with Crippen LogP contribution in [-0.2, 0) is 4.79 Å². The van der Waals surface area contributed by atoms with Crippen molar-refractivity contribution in [3.63, 3.8) is 0 Å². The fraction of sp³-hybridized carbons (Fsp3) is 0.176. The van der Waals surface area contributed by atoms with Gasteiger partial charge in [-0.1, -0.05) is 31.2 Å². The second-order valence-electron chi connectivity index (χ2n) is 4.51. The predicted molar refractivity (Wildman–Crippen MR) is 83.1 cm³/mol. The van der Waals surface area contributed by atoms with Crippen LogP contribution >= 0.6 is 0 Å². The van der Waals surface area contributed by atoms with E-state index in [4.69, 9.17) is 0 Å². The molecule has 0 atom stereocenters. The van der Waals surface area contributed by atoms with Crippen molar-refractivity contribution in [2.75, 3.05) is 5.32 Å². The quantitative estimate of drug-likeness (QED) is 0.889. The Morgan fingerprint density at radius 2 is 2.10 bits per heavy atom. The van der Waals surface area contributed by atoms with Crippen LogP contribution < -0.4 is 5.32 Å². The molecule has 0 aliphatic rings. The number of anilines is 1. The molecule has 3 nitrogen and oxygen atoms in total. The van der Waals surface area contributed by atoms with Crippen molar-refractivity contribution < 1.29 is 4.79 Å². The lowest BCUT2D eigenvalue weighted by Gasteiger charge is -2.05. The number of aromatic nitrogens is 1. The van der Waals surface area contributed by atoms with Crippen molar-refractivity contribution in [3.05, 3.63) is 59.9 Å². The fourth-order valence-corrected chi connectivity index (χ4v) is 1.83. The van der Waals surface area contributed by atoms with E-state index in [2.05, 4.69) is 10.3 Å². The van der Waals surface area contributed by atoms with Crippen molar-refractivity contribution in [1.29, 1.82) is 0 Å². The minimum Gasteiger partial charge on any atom is -0.326 e. The van der Waals surface area contributed by atoms with Gasteiger partial charge in [-0.3, -0.25) is 9.78 Å². The Kier molecular flexibility index (Phi) is 5.07. The van der Waals surface area contributed by atoms with Gasteiger partial charge >= 0.3 is 0 Å². The molecule has 20 heavy (non-hydrogen) atoms. The molecule has 1 heterocycles. The maximum absolute atomic E-state index is 11.6. The maximum atomic E-state index is 11.6. The first-order valence-corrected chi connectivity index (χ1v) is 6.77. The standard InChI is InChI=1S/C17H18N2O/c1-2-6-17(20)19-16-9-5-7-14(13-16)10-11-15-8-3-4-12-18-15/h3-5,7-13H,2,6H2,1H3,(H,19,20)/b11-10+. The van der Waals surface area contributed by atoms with E-state index in [1.54, 1.807) is 6.20 Å². The Morgan fingerprint density at radius 1 is 1.20 bits per heavy atom. The lowest BCUT2D eigenvalue weighted by atomic mass is 10.1. The minimum absolute atomic E-state index is 0.0540. The van der Waals surface area contributed by atoms with E-state index in [0.717, 1.165) is 23.4 Å². The van der Waals surface area contributed by atoms with E-state index in [1.165, 1.54) is 0 Å². The molecule has 0 bridgehead atoms. The number of hydrogen-bond acceptors (Lipinski definition) is 2. The molecule has 1 N–H and O–H groups in total. The molecular formula is C17H18N2O. The van der Waals surface area contributed by atoms with Crippen LogP contribution in [0.1, 0.15) is 31.0 Å². The van der Waals surface area contributed by atoms with Crippen molar-refractivity contribution in [2.24, 2.45) is 0 Å². The first-order valence-electron chi connectivity index (χ1n) is 6.77. The lowest BCUT2D eigenvalue weighted by molar-refractivity contribution is -0.116. The van der Waals surface area contributed by atoms with Gasteiger partial charge in [-0.15, -0.1) is 0 Å². The number of pyridine rings is 1. The van der Waals surface area contributed by atoms with Gasteiger partial charge in [0.25, 0.3) is 0 Å². The van der Waals surface area contributed by atoms with Gasteiger partial charge in [0.1, 0.15) is 0 Å². The maximum Gasteiger partial charge on any atom is 0.224 e. The average molecular weight is 266 g/mol. The molecule has 0 saturated heterocycles. The van der Waals surface area contributed by atoms with E-state index in [9.17, 15) is 4.79 Å². The van der Waals surface area contributed by atoms with Crippen molar-refractivity contribution in [2.45, 2.75) is 19.8 Å². The minimum atomic E-state index is 0.0540. The summed E-state index contributed by atoms with van der Waals surface area (Å²) in [5, 5.41) is 2.89. The summed E-state index contributed by atoms with van der Waals surface area (Å²) in [6.45, 7) is 1.99. The summed E-state index contributed by atoms with van der Waals surface area (Å²) in [6, 6.07) is 13.6. The number of hydrogen-bond donors (Lipinski definition) is 1. The second kappa shape index (κ2) is 7.24. The first-order chi connectivity index (χ1) is 9.78. The number of nitrogens with zero attached hydrogens (tertiary/aromatic N) is 1. The Morgan fingerprint density at radius 3 is 2.85 bits per heavy atom. The summed E-state index contributed by atoms with van der Waals surface area (Å²) >= 11 is 0. The zero-order valence-corrected chi connectivity index (χ0v) is 11.5. The predicted octanol–water partition coefficient (Wildman–Crippen LogP) is 3.99. The van der Waals surface area contributed by atoms with Gasteiger partial charge in [0.05, 0.1) is 5.69 Å². The Balaban J connectivity index is 2.06. The Hall–Kier alpha value is -2.42. The highest BCUT2D eigenvalue weighted by Crippen LogP contribution is 2.13. The monoisotopic (exact) mass is 266 g/mol. The van der Waals surface area contributed by atoms with Crippen LogP contribution in [0.3, 0.4) is 0 Å². The number of rotatable bonds is 5. The molecule has 2 aromatic rings. The van der Waals surface area contributed by atoms with Gasteiger partial charge < -0.3 is 5.32 Å². The summed E-state index contributed by atoms with van der Waals surface area (Å²) in [6.07, 6.45) is 7.10. The summed E-state index contributed by atoms with van der Waals surface area (Å²) in [7, 11) is 0. The van der Waals surface area contributed by atoms with Gasteiger partial charge in [-0.05, 0) is 42.3 Å². The molecule has 1 aromatic heterocycles. The summed E-state index contributed by atoms with van der Waals surface area (Å²) in [5.41, 5.74) is 2.77. The summed E-state index contributed by atoms with van der Waals surface area (Å²) in [4.78, 5) is 15.8. The highest BCUT2D eigenvalue weighted by molar-refractivity contribution is 5.91. The van der Waals surface area contributed by atoms with Crippen LogP contribution in [0.5, 0.6) is 0 Å². The zero-order chi connectivity index (χ0) is 14.2. The van der Waals surface area contributed by atoms with E-state index >= 15 is 0 Å². The number of carbonyl (C=O) groups excluding carboxylic acids is 1. The first kappa shape index (κ1) is 14.0. The van der Waals surface area contributed by atoms with Gasteiger partial charge in [-0.2, -0.15) is 0 Å². The van der Waals surface area contributed by atoms with E-state index < -0.39 is 0 Å². The topological polar surface area (TPSA) is 42.0 Å². The average Bonchev–Trinajstić information content (AvgIpc) is 2.47. The Bertz CT molecular complexity index is 591. The number of nitrogens with one attached hydrogen (secondary N) is 1. The number of benzene rings is 1. The van der Waals surface area contributed by atoms with Crippen molar-refractivity contribution in [1.82, 2.24) is 4.98 Å². The smallest absolute Gasteiger partial charge is 0.224 e. The van der Waals surface area contributed by atoms with E-state index in [0.29, 0.717) is 6.42 Å². The fourth-order valence-electron chi connectivity index (χ4n) is 1.83. The summed E-state index contributed by atoms with van der Waals surface area (Å²) < 4.78 is 0. The molecule has 0 saturated carbocycles. The largest absolute Gasteiger partial charge is 0.326 e. The zero-order valence-electron chi connectivity index (χ0n) is 11.5. The second-order valence-corrected chi connectivity index (χ2v) is 4.51. The number of carbonyl (C=O) groups is 1. The Labute approximate surface area is 119 Å². The van der Waals surface area contributed by atoms with Gasteiger partial charge in [0, 0.05) is 18.3 Å². The molecule has 0 fully saturated rings. The normalized spacial score (nSPS) is 10.7. The van der Waals surface area contributed by atoms with E-state index in [-0.39, 0.29) is 5.91 Å². The highest BCUT2D eigenvalue weighted by Gasteiger charge is 2.00. The molecule has 0 aliphatic carbocycles. The van der Waals surface area contributed by atoms with Gasteiger partial charge in [-0.25, -0.2) is 0 Å². The SMILES string of the molecule is CCCC(=O)Nc1cccc(/C=C/c2ccccn2)c1. The van der Waals surface area contributed by atoms with Crippen LogP contribution in [0.15, 0.2) is 48.7 Å². The molecule has 0 spiro atoms. The molecule has 0 unspecified atom stereocenters. The third kappa shape index (κ3) is 4.35. The van der Waals surface area contributed by atoms with Crippen molar-refractivity contribution in [3.8, 4) is 0 Å². The van der Waals surface area contributed by atoms with Crippen LogP contribution in [-0.4, -0.2) is 10.9 Å². The summed E-state index contributed by atoms with van der Waals surface area (Å²) in [5.74, 6) is 0.0540. The molecule has 0 radical (unpaired) electrons. The molecule has 0 aliphatic heterocycles. The molecule has 1 amide bonds. The molecule has 2 rings (SSSR count). The lowest BCUT2D eigenvalue weighted by Crippen LogP contribution is -2.10.